The van der Waals surface area contributed by atoms with Crippen molar-refractivity contribution in [3.05, 3.63) is 59.9 Å². The van der Waals surface area contributed by atoms with Gasteiger partial charge in [0.2, 0.25) is 0 Å². The fourth-order valence-corrected chi connectivity index (χ4v) is 1.93. The molecule has 0 fully saturated rings. The molecule has 2 aromatic rings. The summed E-state index contributed by atoms with van der Waals surface area (Å²) in [5.74, 6) is 0.632. The van der Waals surface area contributed by atoms with Gasteiger partial charge in [0.05, 0.1) is 6.61 Å². The van der Waals surface area contributed by atoms with Crippen LogP contribution in [0.2, 0.25) is 0 Å². The lowest BCUT2D eigenvalue weighted by Crippen LogP contribution is -2.06. The number of anilines is 1. The van der Waals surface area contributed by atoms with Gasteiger partial charge in [-0.2, -0.15) is 0 Å². The van der Waals surface area contributed by atoms with Crippen molar-refractivity contribution in [3.63, 3.8) is 0 Å². The van der Waals surface area contributed by atoms with Gasteiger partial charge in [-0.05, 0) is 43.7 Å². The molecular weight excluding hydrogens is 241 g/mol. The molecule has 0 aliphatic carbocycles. The lowest BCUT2D eigenvalue weighted by atomic mass is 10.1. The first-order valence-electron chi connectivity index (χ1n) is 6.44. The third-order valence-electron chi connectivity index (χ3n) is 2.90. The van der Waals surface area contributed by atoms with Crippen molar-refractivity contribution in [2.45, 2.75) is 19.9 Å². The van der Waals surface area contributed by atoms with Crippen LogP contribution in [0.3, 0.4) is 0 Å². The van der Waals surface area contributed by atoms with Crippen LogP contribution in [0.1, 0.15) is 25.5 Å². The number of hydrogen-bond acceptors (Lipinski definition) is 2. The summed E-state index contributed by atoms with van der Waals surface area (Å²) in [6.45, 7) is 4.65. The number of nitrogens with one attached hydrogen (secondary N) is 1. The molecule has 2 nitrogen and oxygen atoms in total. The van der Waals surface area contributed by atoms with Crippen LogP contribution in [-0.2, 0) is 0 Å². The zero-order chi connectivity index (χ0) is 13.7. The van der Waals surface area contributed by atoms with Gasteiger partial charge < -0.3 is 10.1 Å². The van der Waals surface area contributed by atoms with Crippen LogP contribution >= 0.6 is 0 Å². The summed E-state index contributed by atoms with van der Waals surface area (Å²) in [6.07, 6.45) is 0. The number of ether oxygens (including phenoxy) is 1. The summed E-state index contributed by atoms with van der Waals surface area (Å²) in [5, 5.41) is 3.37. The first-order valence-corrected chi connectivity index (χ1v) is 6.44. The van der Waals surface area contributed by atoms with Crippen LogP contribution in [-0.4, -0.2) is 6.61 Å². The molecule has 0 aromatic heterocycles. The quantitative estimate of drug-likeness (QED) is 0.859. The van der Waals surface area contributed by atoms with E-state index >= 15 is 0 Å². The van der Waals surface area contributed by atoms with Gasteiger partial charge in [-0.3, -0.25) is 0 Å². The van der Waals surface area contributed by atoms with E-state index < -0.39 is 0 Å². The van der Waals surface area contributed by atoms with E-state index in [4.69, 9.17) is 4.74 Å². The monoisotopic (exact) mass is 259 g/mol. The number of hydrogen-bond donors (Lipinski definition) is 1. The molecule has 2 rings (SSSR count). The van der Waals surface area contributed by atoms with Crippen LogP contribution in [0.25, 0.3) is 0 Å². The molecule has 3 heteroatoms. The van der Waals surface area contributed by atoms with Crippen molar-refractivity contribution in [2.75, 3.05) is 11.9 Å². The largest absolute Gasteiger partial charge is 0.494 e. The van der Waals surface area contributed by atoms with Gasteiger partial charge in [-0.25, -0.2) is 4.39 Å². The van der Waals surface area contributed by atoms with Crippen LogP contribution in [0.5, 0.6) is 5.75 Å². The Bertz CT molecular complexity index is 525. The molecule has 1 N–H and O–H groups in total. The third-order valence-corrected chi connectivity index (χ3v) is 2.90. The van der Waals surface area contributed by atoms with Gasteiger partial charge >= 0.3 is 0 Å². The Morgan fingerprint density at radius 1 is 1.16 bits per heavy atom. The Hall–Kier alpha value is -2.03. The van der Waals surface area contributed by atoms with Crippen LogP contribution in [0, 0.1) is 5.82 Å². The Balaban J connectivity index is 2.07. The minimum Gasteiger partial charge on any atom is -0.494 e. The summed E-state index contributed by atoms with van der Waals surface area (Å²) in [7, 11) is 0. The maximum absolute atomic E-state index is 12.9. The number of benzene rings is 2. The smallest absolute Gasteiger partial charge is 0.123 e. The van der Waals surface area contributed by atoms with E-state index in [1.807, 2.05) is 38.1 Å². The maximum atomic E-state index is 12.9. The van der Waals surface area contributed by atoms with E-state index in [0.29, 0.717) is 6.61 Å². The minimum absolute atomic E-state index is 0.109. The van der Waals surface area contributed by atoms with E-state index in [1.165, 1.54) is 12.1 Å². The molecule has 0 heterocycles. The molecule has 0 amide bonds. The molecule has 0 saturated heterocycles. The van der Waals surface area contributed by atoms with Crippen molar-refractivity contribution in [2.24, 2.45) is 0 Å². The zero-order valence-electron chi connectivity index (χ0n) is 11.2. The summed E-state index contributed by atoms with van der Waals surface area (Å²) in [6, 6.07) is 14.5. The lowest BCUT2D eigenvalue weighted by molar-refractivity contribution is 0.340. The van der Waals surface area contributed by atoms with Gasteiger partial charge in [-0.1, -0.05) is 18.2 Å². The molecular formula is C16H18FNO. The van der Waals surface area contributed by atoms with Crippen molar-refractivity contribution in [3.8, 4) is 5.75 Å². The normalized spacial score (nSPS) is 11.9. The van der Waals surface area contributed by atoms with Gasteiger partial charge in [0.15, 0.2) is 0 Å². The van der Waals surface area contributed by atoms with Gasteiger partial charge in [-0.15, -0.1) is 0 Å². The molecule has 0 aliphatic heterocycles. The molecule has 1 unspecified atom stereocenters. The van der Waals surface area contributed by atoms with Crippen molar-refractivity contribution >= 4 is 5.69 Å². The minimum atomic E-state index is -0.214. The van der Waals surface area contributed by atoms with Crippen molar-refractivity contribution in [1.29, 1.82) is 0 Å². The standard InChI is InChI=1S/C16H18FNO/c1-3-19-16-6-4-5-15(11-16)18-12(2)13-7-9-14(17)10-8-13/h4-12,18H,3H2,1-2H3. The lowest BCUT2D eigenvalue weighted by Gasteiger charge is -2.16. The fraction of sp³-hybridized carbons (Fsp3) is 0.250. The maximum Gasteiger partial charge on any atom is 0.123 e. The summed E-state index contributed by atoms with van der Waals surface area (Å²) in [4.78, 5) is 0. The Morgan fingerprint density at radius 3 is 2.58 bits per heavy atom. The molecule has 0 bridgehead atoms. The first-order chi connectivity index (χ1) is 9.19. The predicted molar refractivity (Wildman–Crippen MR) is 76.0 cm³/mol. The van der Waals surface area contributed by atoms with E-state index in [2.05, 4.69) is 5.32 Å². The molecule has 100 valence electrons. The Kier molecular flexibility index (Phi) is 4.39. The highest BCUT2D eigenvalue weighted by atomic mass is 19.1. The Morgan fingerprint density at radius 2 is 1.89 bits per heavy atom. The van der Waals surface area contributed by atoms with Gasteiger partial charge in [0.25, 0.3) is 0 Å². The second-order valence-electron chi connectivity index (χ2n) is 4.38. The Labute approximate surface area is 113 Å². The van der Waals surface area contributed by atoms with E-state index in [-0.39, 0.29) is 11.9 Å². The van der Waals surface area contributed by atoms with Crippen molar-refractivity contribution in [1.82, 2.24) is 0 Å². The van der Waals surface area contributed by atoms with Crippen LogP contribution in [0.4, 0.5) is 10.1 Å². The average molecular weight is 259 g/mol. The summed E-state index contributed by atoms with van der Waals surface area (Å²) in [5.41, 5.74) is 2.03. The van der Waals surface area contributed by atoms with E-state index in [0.717, 1.165) is 17.0 Å². The first kappa shape index (κ1) is 13.4. The third kappa shape index (κ3) is 3.71. The number of rotatable bonds is 5. The highest BCUT2D eigenvalue weighted by molar-refractivity contribution is 5.49. The molecule has 0 spiro atoms. The topological polar surface area (TPSA) is 21.3 Å². The van der Waals surface area contributed by atoms with Crippen molar-refractivity contribution < 1.29 is 9.13 Å². The second kappa shape index (κ2) is 6.23. The summed E-state index contributed by atoms with van der Waals surface area (Å²) >= 11 is 0. The highest BCUT2D eigenvalue weighted by Crippen LogP contribution is 2.22. The molecule has 0 saturated carbocycles. The van der Waals surface area contributed by atoms with Gasteiger partial charge in [0.1, 0.15) is 11.6 Å². The highest BCUT2D eigenvalue weighted by Gasteiger charge is 2.06. The summed E-state index contributed by atoms with van der Waals surface area (Å²) < 4.78 is 18.3. The van der Waals surface area contributed by atoms with Crippen LogP contribution < -0.4 is 10.1 Å². The molecule has 0 radical (unpaired) electrons. The molecule has 19 heavy (non-hydrogen) atoms. The molecule has 0 aliphatic rings. The zero-order valence-corrected chi connectivity index (χ0v) is 11.2. The van der Waals surface area contributed by atoms with Gasteiger partial charge in [0, 0.05) is 17.8 Å². The SMILES string of the molecule is CCOc1cccc(NC(C)c2ccc(F)cc2)c1. The fourth-order valence-electron chi connectivity index (χ4n) is 1.93. The average Bonchev–Trinajstić information content (AvgIpc) is 2.40. The number of halogens is 1. The van der Waals surface area contributed by atoms with E-state index in [9.17, 15) is 4.39 Å². The van der Waals surface area contributed by atoms with E-state index in [1.54, 1.807) is 12.1 Å². The predicted octanol–water partition coefficient (Wildman–Crippen LogP) is 4.40. The molecule has 2 aromatic carbocycles. The molecule has 1 atom stereocenters. The van der Waals surface area contributed by atoms with Crippen LogP contribution in [0.15, 0.2) is 48.5 Å². The second-order valence-corrected chi connectivity index (χ2v) is 4.38.